The second-order valence-corrected chi connectivity index (χ2v) is 4.60. The SMILES string of the molecule is O=C(CNC(CO)(CO)CO)Nc1cccc(Cl)c1. The van der Waals surface area contributed by atoms with Crippen molar-refractivity contribution in [2.24, 2.45) is 0 Å². The summed E-state index contributed by atoms with van der Waals surface area (Å²) in [4.78, 5) is 11.7. The van der Waals surface area contributed by atoms with Crippen LogP contribution in [0.25, 0.3) is 0 Å². The molecule has 0 unspecified atom stereocenters. The number of amides is 1. The van der Waals surface area contributed by atoms with E-state index in [4.69, 9.17) is 26.9 Å². The fraction of sp³-hybridized carbons (Fsp3) is 0.417. The lowest BCUT2D eigenvalue weighted by atomic mass is 10.0. The molecule has 0 bridgehead atoms. The van der Waals surface area contributed by atoms with Crippen molar-refractivity contribution in [2.45, 2.75) is 5.54 Å². The lowest BCUT2D eigenvalue weighted by Crippen LogP contribution is -2.56. The van der Waals surface area contributed by atoms with Gasteiger partial charge in [0.25, 0.3) is 0 Å². The second-order valence-electron chi connectivity index (χ2n) is 4.17. The number of aliphatic hydroxyl groups is 3. The first-order valence-electron chi connectivity index (χ1n) is 5.68. The third-order valence-corrected chi connectivity index (χ3v) is 2.88. The molecule has 1 rings (SSSR count). The van der Waals surface area contributed by atoms with Crippen LogP contribution in [-0.2, 0) is 4.79 Å². The van der Waals surface area contributed by atoms with E-state index in [1.54, 1.807) is 24.3 Å². The minimum atomic E-state index is -1.27. The summed E-state index contributed by atoms with van der Waals surface area (Å²) in [7, 11) is 0. The summed E-state index contributed by atoms with van der Waals surface area (Å²) in [5.74, 6) is -0.373. The van der Waals surface area contributed by atoms with E-state index in [0.29, 0.717) is 10.7 Å². The molecule has 6 nitrogen and oxygen atoms in total. The first-order chi connectivity index (χ1) is 9.05. The summed E-state index contributed by atoms with van der Waals surface area (Å²) in [6.07, 6.45) is 0. The van der Waals surface area contributed by atoms with E-state index in [0.717, 1.165) is 0 Å². The zero-order valence-corrected chi connectivity index (χ0v) is 11.0. The smallest absolute Gasteiger partial charge is 0.238 e. The summed E-state index contributed by atoms with van der Waals surface area (Å²) in [5.41, 5.74) is -0.729. The van der Waals surface area contributed by atoms with Crippen molar-refractivity contribution in [1.29, 1.82) is 0 Å². The molecule has 5 N–H and O–H groups in total. The molecule has 0 atom stereocenters. The average molecular weight is 289 g/mol. The van der Waals surface area contributed by atoms with E-state index in [1.165, 1.54) is 0 Å². The largest absolute Gasteiger partial charge is 0.394 e. The topological polar surface area (TPSA) is 102 Å². The van der Waals surface area contributed by atoms with Gasteiger partial charge in [-0.05, 0) is 18.2 Å². The Kier molecular flexibility index (Phi) is 6.20. The van der Waals surface area contributed by atoms with E-state index < -0.39 is 25.4 Å². The number of halogens is 1. The quantitative estimate of drug-likeness (QED) is 0.469. The maximum Gasteiger partial charge on any atom is 0.238 e. The van der Waals surface area contributed by atoms with Gasteiger partial charge in [-0.25, -0.2) is 0 Å². The van der Waals surface area contributed by atoms with Crippen LogP contribution < -0.4 is 10.6 Å². The number of aliphatic hydroxyl groups excluding tert-OH is 3. The molecule has 106 valence electrons. The number of carbonyl (C=O) groups is 1. The van der Waals surface area contributed by atoms with Crippen molar-refractivity contribution in [3.8, 4) is 0 Å². The van der Waals surface area contributed by atoms with Gasteiger partial charge in [0.2, 0.25) is 5.91 Å². The highest BCUT2D eigenvalue weighted by atomic mass is 35.5. The van der Waals surface area contributed by atoms with Gasteiger partial charge in [-0.2, -0.15) is 0 Å². The van der Waals surface area contributed by atoms with Gasteiger partial charge in [-0.15, -0.1) is 0 Å². The predicted octanol–water partition coefficient (Wildman–Crippen LogP) is -0.416. The van der Waals surface area contributed by atoms with Gasteiger partial charge in [0.05, 0.1) is 31.9 Å². The van der Waals surface area contributed by atoms with Crippen LogP contribution >= 0.6 is 11.6 Å². The Balaban J connectivity index is 2.52. The van der Waals surface area contributed by atoms with Crippen molar-refractivity contribution >= 4 is 23.2 Å². The molecule has 0 radical (unpaired) electrons. The number of carbonyl (C=O) groups excluding carboxylic acids is 1. The van der Waals surface area contributed by atoms with E-state index >= 15 is 0 Å². The molecule has 0 aliphatic rings. The average Bonchev–Trinajstić information content (AvgIpc) is 2.41. The van der Waals surface area contributed by atoms with Crippen molar-refractivity contribution < 1.29 is 20.1 Å². The Hall–Kier alpha value is -1.18. The standard InChI is InChI=1S/C12H17ClN2O4/c13-9-2-1-3-10(4-9)15-11(19)5-14-12(6-16,7-17)8-18/h1-4,14,16-18H,5-8H2,(H,15,19). The van der Waals surface area contributed by atoms with Crippen molar-refractivity contribution in [1.82, 2.24) is 5.32 Å². The highest BCUT2D eigenvalue weighted by molar-refractivity contribution is 6.30. The third kappa shape index (κ3) is 4.77. The van der Waals surface area contributed by atoms with E-state index in [-0.39, 0.29) is 12.5 Å². The Labute approximate surface area is 116 Å². The normalized spacial score (nSPS) is 11.4. The van der Waals surface area contributed by atoms with Gasteiger partial charge in [-0.3, -0.25) is 10.1 Å². The van der Waals surface area contributed by atoms with Gasteiger partial charge in [0, 0.05) is 10.7 Å². The fourth-order valence-electron chi connectivity index (χ4n) is 1.36. The molecule has 0 aliphatic heterocycles. The monoisotopic (exact) mass is 288 g/mol. The predicted molar refractivity (Wildman–Crippen MR) is 72.1 cm³/mol. The van der Waals surface area contributed by atoms with Crippen LogP contribution in [0.1, 0.15) is 0 Å². The molecule has 0 saturated carbocycles. The van der Waals surface area contributed by atoms with Gasteiger partial charge in [0.1, 0.15) is 0 Å². The molecule has 0 aliphatic carbocycles. The minimum absolute atomic E-state index is 0.159. The molecule has 19 heavy (non-hydrogen) atoms. The molecule has 7 heteroatoms. The van der Waals surface area contributed by atoms with E-state index in [2.05, 4.69) is 10.6 Å². The van der Waals surface area contributed by atoms with Crippen molar-refractivity contribution in [2.75, 3.05) is 31.7 Å². The number of nitrogens with one attached hydrogen (secondary N) is 2. The summed E-state index contributed by atoms with van der Waals surface area (Å²) < 4.78 is 0. The van der Waals surface area contributed by atoms with Gasteiger partial charge in [0.15, 0.2) is 0 Å². The molecular formula is C12H17ClN2O4. The Bertz CT molecular complexity index is 416. The van der Waals surface area contributed by atoms with E-state index in [1.807, 2.05) is 0 Å². The number of hydrogen-bond donors (Lipinski definition) is 5. The van der Waals surface area contributed by atoms with Gasteiger partial charge in [-0.1, -0.05) is 17.7 Å². The van der Waals surface area contributed by atoms with Crippen LogP contribution in [0, 0.1) is 0 Å². The molecule has 1 aromatic carbocycles. The maximum absolute atomic E-state index is 11.7. The summed E-state index contributed by atoms with van der Waals surface area (Å²) in [6.45, 7) is -1.60. The van der Waals surface area contributed by atoms with Crippen LogP contribution in [0.15, 0.2) is 24.3 Å². The highest BCUT2D eigenvalue weighted by Crippen LogP contribution is 2.14. The van der Waals surface area contributed by atoms with Gasteiger partial charge >= 0.3 is 0 Å². The summed E-state index contributed by atoms with van der Waals surface area (Å²) in [5, 5.41) is 33.0. The second kappa shape index (κ2) is 7.42. The summed E-state index contributed by atoms with van der Waals surface area (Å²) in [6, 6.07) is 6.66. The first-order valence-corrected chi connectivity index (χ1v) is 6.06. The Morgan fingerprint density at radius 3 is 2.37 bits per heavy atom. The molecule has 1 aromatic rings. The number of hydrogen-bond acceptors (Lipinski definition) is 5. The molecule has 0 heterocycles. The third-order valence-electron chi connectivity index (χ3n) is 2.64. The van der Waals surface area contributed by atoms with Crippen LogP contribution in [-0.4, -0.2) is 53.1 Å². The molecule has 0 spiro atoms. The lowest BCUT2D eigenvalue weighted by molar-refractivity contribution is -0.116. The lowest BCUT2D eigenvalue weighted by Gasteiger charge is -2.28. The van der Waals surface area contributed by atoms with Crippen LogP contribution in [0.5, 0.6) is 0 Å². The van der Waals surface area contributed by atoms with Crippen molar-refractivity contribution in [3.05, 3.63) is 29.3 Å². The zero-order valence-electron chi connectivity index (χ0n) is 10.3. The fourth-order valence-corrected chi connectivity index (χ4v) is 1.55. The van der Waals surface area contributed by atoms with Crippen LogP contribution in [0.3, 0.4) is 0 Å². The van der Waals surface area contributed by atoms with Crippen LogP contribution in [0.4, 0.5) is 5.69 Å². The minimum Gasteiger partial charge on any atom is -0.394 e. The number of anilines is 1. The molecule has 0 fully saturated rings. The Morgan fingerprint density at radius 1 is 1.21 bits per heavy atom. The highest BCUT2D eigenvalue weighted by Gasteiger charge is 2.27. The molecule has 0 aromatic heterocycles. The van der Waals surface area contributed by atoms with Crippen molar-refractivity contribution in [3.63, 3.8) is 0 Å². The van der Waals surface area contributed by atoms with E-state index in [9.17, 15) is 4.79 Å². The van der Waals surface area contributed by atoms with Gasteiger partial charge < -0.3 is 20.6 Å². The number of rotatable bonds is 7. The first kappa shape index (κ1) is 15.9. The summed E-state index contributed by atoms with van der Waals surface area (Å²) >= 11 is 5.78. The molecule has 1 amide bonds. The maximum atomic E-state index is 11.7. The number of benzene rings is 1. The van der Waals surface area contributed by atoms with Crippen LogP contribution in [0.2, 0.25) is 5.02 Å². The molecular weight excluding hydrogens is 272 g/mol. The zero-order chi connectivity index (χ0) is 14.3. The Morgan fingerprint density at radius 2 is 1.84 bits per heavy atom. The molecule has 0 saturated heterocycles.